The van der Waals surface area contributed by atoms with Crippen LogP contribution < -0.4 is 9.64 Å². The zero-order chi connectivity index (χ0) is 20.0. The first kappa shape index (κ1) is 18.5. The quantitative estimate of drug-likeness (QED) is 0.724. The highest BCUT2D eigenvalue weighted by molar-refractivity contribution is 6.24. The van der Waals surface area contributed by atoms with E-state index in [2.05, 4.69) is 4.90 Å². The van der Waals surface area contributed by atoms with Crippen LogP contribution in [0.1, 0.15) is 20.8 Å². The Bertz CT molecular complexity index is 874. The van der Waals surface area contributed by atoms with Crippen molar-refractivity contribution < 1.29 is 18.9 Å². The summed E-state index contributed by atoms with van der Waals surface area (Å²) in [4.78, 5) is 35.4. The molecule has 1 atom stereocenters. The maximum absolute atomic E-state index is 13.1. The Hall–Kier alpha value is -2.90. The van der Waals surface area contributed by atoms with E-state index in [1.165, 1.54) is 9.80 Å². The van der Waals surface area contributed by atoms with Gasteiger partial charge in [0.15, 0.2) is 0 Å². The fraction of sp³-hybridized carbons (Fsp3) is 0.500. The first-order chi connectivity index (χ1) is 13.4. The van der Waals surface area contributed by atoms with E-state index < -0.39 is 6.04 Å². The molecule has 1 aromatic carbocycles. The van der Waals surface area contributed by atoms with Gasteiger partial charge in [0, 0.05) is 13.6 Å². The van der Waals surface area contributed by atoms with Crippen LogP contribution in [0.5, 0.6) is 5.75 Å². The molecular weight excluding hydrogens is 358 g/mol. The number of amides is 3. The van der Waals surface area contributed by atoms with Crippen LogP contribution in [0.25, 0.3) is 0 Å². The van der Waals surface area contributed by atoms with Crippen molar-refractivity contribution in [3.8, 4) is 5.75 Å². The molecule has 148 valence electrons. The number of aliphatic imine (C=N–C) groups is 1. The molecule has 8 heteroatoms. The maximum Gasteiger partial charge on any atom is 0.397 e. The van der Waals surface area contributed by atoms with E-state index in [9.17, 15) is 9.59 Å². The van der Waals surface area contributed by atoms with Crippen molar-refractivity contribution >= 4 is 29.4 Å². The lowest BCUT2D eigenvalue weighted by Crippen LogP contribution is -2.63. The van der Waals surface area contributed by atoms with E-state index in [-0.39, 0.29) is 17.9 Å². The van der Waals surface area contributed by atoms with Gasteiger partial charge >= 0.3 is 12.0 Å². The minimum atomic E-state index is -0.524. The first-order valence-electron chi connectivity index (χ1n) is 9.74. The van der Waals surface area contributed by atoms with Crippen LogP contribution in [0.3, 0.4) is 0 Å². The Balaban J connectivity index is 1.65. The number of ether oxygens (including phenoxy) is 1. The molecule has 1 unspecified atom stereocenters. The third kappa shape index (κ3) is 2.83. The van der Waals surface area contributed by atoms with E-state index in [1.54, 1.807) is 7.05 Å². The molecule has 3 aliphatic rings. The van der Waals surface area contributed by atoms with E-state index >= 15 is 0 Å². The molecule has 8 nitrogen and oxygen atoms in total. The van der Waals surface area contributed by atoms with Crippen LogP contribution in [0.2, 0.25) is 0 Å². The monoisotopic (exact) mass is 384 g/mol. The maximum atomic E-state index is 13.1. The molecule has 0 N–H and O–H groups in total. The third-order valence-corrected chi connectivity index (χ3v) is 5.20. The number of imide groups is 1. The van der Waals surface area contributed by atoms with E-state index in [0.29, 0.717) is 25.5 Å². The van der Waals surface area contributed by atoms with Gasteiger partial charge in [-0.3, -0.25) is 14.6 Å². The summed E-state index contributed by atoms with van der Waals surface area (Å²) in [5.41, 5.74) is 0.990. The molecule has 3 amide bonds. The third-order valence-electron chi connectivity index (χ3n) is 5.20. The molecule has 0 bridgehead atoms. The number of carbonyl (C=O) groups excluding carboxylic acids is 2. The molecule has 0 aliphatic carbocycles. The molecule has 28 heavy (non-hydrogen) atoms. The number of guanidine groups is 1. The number of likely N-dealkylation sites (N-methyl/N-ethyl adjacent to an activating group) is 1. The van der Waals surface area contributed by atoms with Crippen LogP contribution in [0.4, 0.5) is 10.5 Å². The standard InChI is InChI=1S/C20H26N5O3/c1-5-28-15-8-6-14(7-9-15)23-10-11-24-16-17(21-19(23)24)22(4)20(27)25(18(16)26)12-13(2)3/h6-9,13,16H,5,10-12H2,1-4H3/q+1. The highest BCUT2D eigenvalue weighted by Crippen LogP contribution is 2.28. The van der Waals surface area contributed by atoms with Crippen LogP contribution in [-0.2, 0) is 4.79 Å². The summed E-state index contributed by atoms with van der Waals surface area (Å²) in [6.45, 7) is 8.42. The summed E-state index contributed by atoms with van der Waals surface area (Å²) in [5.74, 6) is 2.09. The zero-order valence-electron chi connectivity index (χ0n) is 16.8. The predicted molar refractivity (Wildman–Crippen MR) is 106 cm³/mol. The smallest absolute Gasteiger partial charge is 0.397 e. The van der Waals surface area contributed by atoms with Crippen molar-refractivity contribution in [2.45, 2.75) is 26.8 Å². The van der Waals surface area contributed by atoms with Gasteiger partial charge in [0.1, 0.15) is 18.0 Å². The van der Waals surface area contributed by atoms with Gasteiger partial charge in [-0.25, -0.2) is 14.3 Å². The van der Waals surface area contributed by atoms with Crippen LogP contribution >= 0.6 is 0 Å². The number of nitrogens with zero attached hydrogens (tertiary/aromatic N) is 5. The highest BCUT2D eigenvalue weighted by Gasteiger charge is 2.55. The van der Waals surface area contributed by atoms with Gasteiger partial charge in [-0.2, -0.15) is 0 Å². The topological polar surface area (TPSA) is 68.5 Å². The molecule has 0 saturated carbocycles. The van der Waals surface area contributed by atoms with Crippen LogP contribution in [-0.4, -0.2) is 77.4 Å². The van der Waals surface area contributed by atoms with Gasteiger partial charge in [0.2, 0.25) is 11.9 Å². The average Bonchev–Trinajstić information content (AvgIpc) is 3.23. The lowest BCUT2D eigenvalue weighted by molar-refractivity contribution is -0.525. The number of hydrogen-bond acceptors (Lipinski definition) is 5. The van der Waals surface area contributed by atoms with Crippen molar-refractivity contribution in [1.82, 2.24) is 9.80 Å². The second-order valence-electron chi connectivity index (χ2n) is 7.63. The Labute approximate surface area is 164 Å². The van der Waals surface area contributed by atoms with Gasteiger partial charge in [0.05, 0.1) is 13.2 Å². The summed E-state index contributed by atoms with van der Waals surface area (Å²) in [6.07, 6.45) is 0. The van der Waals surface area contributed by atoms with Gasteiger partial charge < -0.3 is 4.74 Å². The number of anilines is 1. The first-order valence-corrected chi connectivity index (χ1v) is 9.74. The molecule has 3 heterocycles. The van der Waals surface area contributed by atoms with Crippen molar-refractivity contribution in [3.63, 3.8) is 0 Å². The molecule has 0 radical (unpaired) electrons. The van der Waals surface area contributed by atoms with Gasteiger partial charge in [0.25, 0.3) is 5.91 Å². The van der Waals surface area contributed by atoms with Crippen LogP contribution in [0.15, 0.2) is 29.3 Å². The highest BCUT2D eigenvalue weighted by atomic mass is 16.5. The number of hydrogen-bond donors (Lipinski definition) is 0. The summed E-state index contributed by atoms with van der Waals surface area (Å²) in [6, 6.07) is 7.02. The number of benzene rings is 1. The van der Waals surface area contributed by atoms with Gasteiger partial charge in [-0.15, -0.1) is 0 Å². The molecular formula is C20H26N5O3+. The largest absolute Gasteiger partial charge is 0.494 e. The second-order valence-corrected chi connectivity index (χ2v) is 7.63. The van der Waals surface area contributed by atoms with Crippen molar-refractivity contribution in [2.24, 2.45) is 10.9 Å². The summed E-state index contributed by atoms with van der Waals surface area (Å²) in [7, 11) is 1.69. The lowest BCUT2D eigenvalue weighted by Gasteiger charge is -2.34. The van der Waals surface area contributed by atoms with E-state index in [4.69, 9.17) is 9.73 Å². The Morgan fingerprint density at radius 3 is 2.61 bits per heavy atom. The zero-order valence-corrected chi connectivity index (χ0v) is 16.8. The Morgan fingerprint density at radius 1 is 1.25 bits per heavy atom. The molecule has 3 aliphatic heterocycles. The fourth-order valence-corrected chi connectivity index (χ4v) is 3.92. The lowest BCUT2D eigenvalue weighted by atomic mass is 10.1. The number of urea groups is 1. The molecule has 1 saturated heterocycles. The predicted octanol–water partition coefficient (Wildman–Crippen LogP) is 1.60. The normalized spacial score (nSPS) is 21.5. The molecule has 1 aromatic rings. The summed E-state index contributed by atoms with van der Waals surface area (Å²) in [5, 5.41) is 0. The summed E-state index contributed by atoms with van der Waals surface area (Å²) >= 11 is 0. The minimum Gasteiger partial charge on any atom is -0.494 e. The van der Waals surface area contributed by atoms with Crippen molar-refractivity contribution in [3.05, 3.63) is 24.3 Å². The van der Waals surface area contributed by atoms with Crippen molar-refractivity contribution in [2.75, 3.05) is 38.2 Å². The number of carbonyl (C=O) groups is 2. The number of amidine groups is 1. The summed E-state index contributed by atoms with van der Waals surface area (Å²) < 4.78 is 7.52. The Kier molecular flexibility index (Phi) is 4.56. The van der Waals surface area contributed by atoms with E-state index in [0.717, 1.165) is 23.9 Å². The van der Waals surface area contributed by atoms with E-state index in [1.807, 2.05) is 49.6 Å². The van der Waals surface area contributed by atoms with Crippen LogP contribution in [0, 0.1) is 5.92 Å². The fourth-order valence-electron chi connectivity index (χ4n) is 3.92. The molecule has 0 spiro atoms. The van der Waals surface area contributed by atoms with Gasteiger partial charge in [-0.05, 0) is 37.1 Å². The number of fused-ring (bicyclic) bond motifs is 2. The molecule has 4 rings (SSSR count). The van der Waals surface area contributed by atoms with Gasteiger partial charge in [-0.1, -0.05) is 18.8 Å². The molecule has 1 fully saturated rings. The number of rotatable bonds is 5. The minimum absolute atomic E-state index is 0.181. The SMILES string of the molecule is CCOc1ccc(N2CC[N+]3=C2N=C2C3C(=O)N(CC(C)C)C(=O)N2C)cc1. The molecule has 0 aromatic heterocycles. The average molecular weight is 384 g/mol. The second kappa shape index (κ2) is 6.92. The Morgan fingerprint density at radius 2 is 1.96 bits per heavy atom. The van der Waals surface area contributed by atoms with Crippen molar-refractivity contribution in [1.29, 1.82) is 0 Å².